The molecule has 2 aromatic heterocycles. The van der Waals surface area contributed by atoms with Crippen LogP contribution in [0.1, 0.15) is 34.9 Å². The molecule has 2 aromatic rings. The normalized spacial score (nSPS) is 18.4. The first-order valence-electron chi connectivity index (χ1n) is 6.50. The molecule has 7 heteroatoms. The molecular weight excluding hydrogens is 321 g/mol. The predicted molar refractivity (Wildman–Crippen MR) is 77.9 cm³/mol. The fourth-order valence-electron chi connectivity index (χ4n) is 2.50. The molecule has 21 heavy (non-hydrogen) atoms. The molecule has 0 amide bonds. The average Bonchev–Trinajstić information content (AvgIpc) is 2.89. The highest BCUT2D eigenvalue weighted by Crippen LogP contribution is 2.37. The standard InChI is InChI=1S/C14H12ClF3N2S/c15-10-6-8(14(16,17)18)7-19-13(10)20-11-2-1-3-12-9(11)4-5-21-12/h4-7,11H,1-3H2,(H,19,20). The van der Waals surface area contributed by atoms with Gasteiger partial charge in [-0.1, -0.05) is 11.6 Å². The van der Waals surface area contributed by atoms with Gasteiger partial charge in [-0.25, -0.2) is 4.98 Å². The molecule has 0 saturated carbocycles. The van der Waals surface area contributed by atoms with Gasteiger partial charge in [-0.3, -0.25) is 0 Å². The summed E-state index contributed by atoms with van der Waals surface area (Å²) in [4.78, 5) is 5.16. The topological polar surface area (TPSA) is 24.9 Å². The van der Waals surface area contributed by atoms with Crippen LogP contribution in [0.15, 0.2) is 23.7 Å². The van der Waals surface area contributed by atoms with Crippen molar-refractivity contribution in [2.75, 3.05) is 5.32 Å². The number of rotatable bonds is 2. The monoisotopic (exact) mass is 332 g/mol. The lowest BCUT2D eigenvalue weighted by atomic mass is 9.94. The summed E-state index contributed by atoms with van der Waals surface area (Å²) in [5.41, 5.74) is 0.363. The Hall–Kier alpha value is -1.27. The maximum Gasteiger partial charge on any atom is 0.417 e. The van der Waals surface area contributed by atoms with E-state index in [1.54, 1.807) is 11.3 Å². The summed E-state index contributed by atoms with van der Waals surface area (Å²) >= 11 is 7.64. The molecule has 3 rings (SSSR count). The SMILES string of the molecule is FC(F)(F)c1cnc(NC2CCCc3sccc32)c(Cl)c1. The minimum atomic E-state index is -4.43. The van der Waals surface area contributed by atoms with Crippen molar-refractivity contribution in [2.24, 2.45) is 0 Å². The lowest BCUT2D eigenvalue weighted by molar-refractivity contribution is -0.137. The van der Waals surface area contributed by atoms with Crippen LogP contribution in [-0.4, -0.2) is 4.98 Å². The third-order valence-corrected chi connectivity index (χ3v) is 4.82. The van der Waals surface area contributed by atoms with Gasteiger partial charge in [0.25, 0.3) is 0 Å². The highest BCUT2D eigenvalue weighted by Gasteiger charge is 2.32. The van der Waals surface area contributed by atoms with Crippen molar-refractivity contribution >= 4 is 28.8 Å². The number of fused-ring (bicyclic) bond motifs is 1. The van der Waals surface area contributed by atoms with Crippen LogP contribution in [0.2, 0.25) is 5.02 Å². The van der Waals surface area contributed by atoms with Gasteiger partial charge in [0.2, 0.25) is 0 Å². The molecule has 0 fully saturated rings. The number of aryl methyl sites for hydroxylation is 1. The number of pyridine rings is 1. The molecule has 1 aliphatic carbocycles. The molecule has 0 aromatic carbocycles. The Bertz CT molecular complexity index is 654. The molecule has 0 radical (unpaired) electrons. The van der Waals surface area contributed by atoms with Crippen LogP contribution in [-0.2, 0) is 12.6 Å². The van der Waals surface area contributed by atoms with E-state index in [2.05, 4.69) is 16.4 Å². The second-order valence-electron chi connectivity index (χ2n) is 4.94. The van der Waals surface area contributed by atoms with Crippen molar-refractivity contribution in [3.63, 3.8) is 0 Å². The summed E-state index contributed by atoms with van der Waals surface area (Å²) in [5, 5.41) is 5.19. The average molecular weight is 333 g/mol. The number of hydrogen-bond donors (Lipinski definition) is 1. The van der Waals surface area contributed by atoms with Crippen molar-refractivity contribution in [1.82, 2.24) is 4.98 Å². The lowest BCUT2D eigenvalue weighted by Gasteiger charge is -2.24. The Morgan fingerprint density at radius 1 is 1.38 bits per heavy atom. The van der Waals surface area contributed by atoms with Crippen molar-refractivity contribution < 1.29 is 13.2 Å². The predicted octanol–water partition coefficient (Wildman–Crippen LogP) is 5.30. The molecule has 0 aliphatic heterocycles. The van der Waals surface area contributed by atoms with Gasteiger partial charge in [-0.15, -0.1) is 11.3 Å². The number of nitrogens with zero attached hydrogens (tertiary/aromatic N) is 1. The molecule has 2 heterocycles. The molecule has 1 aliphatic rings. The molecule has 1 atom stereocenters. The zero-order valence-electron chi connectivity index (χ0n) is 10.9. The Morgan fingerprint density at radius 2 is 2.19 bits per heavy atom. The van der Waals surface area contributed by atoms with Crippen LogP contribution in [0.3, 0.4) is 0 Å². The number of thiophene rings is 1. The number of nitrogens with one attached hydrogen (secondary N) is 1. The maximum atomic E-state index is 12.6. The second-order valence-corrected chi connectivity index (χ2v) is 6.35. The van der Waals surface area contributed by atoms with E-state index in [0.717, 1.165) is 31.5 Å². The highest BCUT2D eigenvalue weighted by molar-refractivity contribution is 7.10. The molecule has 2 nitrogen and oxygen atoms in total. The minimum Gasteiger partial charge on any atom is -0.362 e. The molecule has 0 saturated heterocycles. The summed E-state index contributed by atoms with van der Waals surface area (Å²) in [6.45, 7) is 0. The van der Waals surface area contributed by atoms with E-state index < -0.39 is 11.7 Å². The van der Waals surface area contributed by atoms with Gasteiger partial charge in [-0.05, 0) is 42.3 Å². The lowest BCUT2D eigenvalue weighted by Crippen LogP contribution is -2.17. The van der Waals surface area contributed by atoms with E-state index in [1.807, 2.05) is 5.38 Å². The van der Waals surface area contributed by atoms with Gasteiger partial charge >= 0.3 is 6.18 Å². The number of alkyl halides is 3. The zero-order chi connectivity index (χ0) is 15.0. The van der Waals surface area contributed by atoms with Crippen LogP contribution in [0.5, 0.6) is 0 Å². The number of aromatic nitrogens is 1. The van der Waals surface area contributed by atoms with Crippen LogP contribution in [0.25, 0.3) is 0 Å². The third-order valence-electron chi connectivity index (χ3n) is 3.53. The van der Waals surface area contributed by atoms with Gasteiger partial charge in [0, 0.05) is 11.1 Å². The van der Waals surface area contributed by atoms with Crippen LogP contribution >= 0.6 is 22.9 Å². The van der Waals surface area contributed by atoms with E-state index in [1.165, 1.54) is 10.4 Å². The third kappa shape index (κ3) is 3.01. The Kier molecular flexibility index (Phi) is 3.84. The second kappa shape index (κ2) is 5.50. The molecule has 0 spiro atoms. The molecular formula is C14H12ClF3N2S. The molecule has 1 N–H and O–H groups in total. The van der Waals surface area contributed by atoms with E-state index in [4.69, 9.17) is 11.6 Å². The fraction of sp³-hybridized carbons (Fsp3) is 0.357. The van der Waals surface area contributed by atoms with Gasteiger partial charge in [-0.2, -0.15) is 13.2 Å². The van der Waals surface area contributed by atoms with Crippen molar-refractivity contribution in [3.8, 4) is 0 Å². The number of halogens is 4. The summed E-state index contributed by atoms with van der Waals surface area (Å²) in [7, 11) is 0. The molecule has 0 bridgehead atoms. The van der Waals surface area contributed by atoms with Crippen molar-refractivity contribution in [1.29, 1.82) is 0 Å². The Morgan fingerprint density at radius 3 is 2.90 bits per heavy atom. The number of anilines is 1. The molecule has 112 valence electrons. The zero-order valence-corrected chi connectivity index (χ0v) is 12.4. The van der Waals surface area contributed by atoms with Gasteiger partial charge < -0.3 is 5.32 Å². The van der Waals surface area contributed by atoms with Crippen molar-refractivity contribution in [3.05, 3.63) is 44.7 Å². The van der Waals surface area contributed by atoms with Crippen LogP contribution < -0.4 is 5.32 Å². The summed E-state index contributed by atoms with van der Waals surface area (Å²) < 4.78 is 37.8. The fourth-order valence-corrected chi connectivity index (χ4v) is 3.71. The number of hydrogen-bond acceptors (Lipinski definition) is 3. The smallest absolute Gasteiger partial charge is 0.362 e. The van der Waals surface area contributed by atoms with Gasteiger partial charge in [0.1, 0.15) is 5.82 Å². The first kappa shape index (κ1) is 14.7. The van der Waals surface area contributed by atoms with E-state index >= 15 is 0 Å². The van der Waals surface area contributed by atoms with Crippen molar-refractivity contribution in [2.45, 2.75) is 31.5 Å². The Labute approximate surface area is 129 Å². The quantitative estimate of drug-likeness (QED) is 0.806. The van der Waals surface area contributed by atoms with E-state index in [-0.39, 0.29) is 11.1 Å². The first-order valence-corrected chi connectivity index (χ1v) is 7.76. The first-order chi connectivity index (χ1) is 9.95. The van der Waals surface area contributed by atoms with Crippen LogP contribution in [0, 0.1) is 0 Å². The van der Waals surface area contributed by atoms with Gasteiger partial charge in [0.15, 0.2) is 0 Å². The van der Waals surface area contributed by atoms with E-state index in [0.29, 0.717) is 5.82 Å². The Balaban J connectivity index is 1.84. The maximum absolute atomic E-state index is 12.6. The summed E-state index contributed by atoms with van der Waals surface area (Å²) in [6, 6.07) is 3.02. The summed E-state index contributed by atoms with van der Waals surface area (Å²) in [6.07, 6.45) is -0.600. The minimum absolute atomic E-state index is 0.00724. The molecule has 1 unspecified atom stereocenters. The van der Waals surface area contributed by atoms with Crippen LogP contribution in [0.4, 0.5) is 19.0 Å². The largest absolute Gasteiger partial charge is 0.417 e. The van der Waals surface area contributed by atoms with Gasteiger partial charge in [0.05, 0.1) is 16.6 Å². The van der Waals surface area contributed by atoms with E-state index in [9.17, 15) is 13.2 Å². The highest BCUT2D eigenvalue weighted by atomic mass is 35.5. The summed E-state index contributed by atoms with van der Waals surface area (Å²) in [5.74, 6) is 0.300.